The largest absolute Gasteiger partial charge is 0.303 e. The van der Waals surface area contributed by atoms with E-state index in [2.05, 4.69) is 11.1 Å². The minimum Gasteiger partial charge on any atom is -0.303 e. The molecule has 0 N–H and O–H groups in total. The molecule has 0 amide bonds. The van der Waals surface area contributed by atoms with E-state index >= 15 is 0 Å². The van der Waals surface area contributed by atoms with Gasteiger partial charge in [-0.2, -0.15) is 0 Å². The van der Waals surface area contributed by atoms with Gasteiger partial charge >= 0.3 is 0 Å². The first-order chi connectivity index (χ1) is 7.29. The van der Waals surface area contributed by atoms with Gasteiger partial charge in [0.05, 0.1) is 10.2 Å². The number of pyridine rings is 1. The topological polar surface area (TPSA) is 30.0 Å². The fraction of sp³-hybridized carbons (Fsp3) is 0.273. The molecule has 2 aromatic rings. The number of fused-ring (bicyclic) bond motifs is 1. The maximum atomic E-state index is 10.2. The third-order valence-corrected chi connectivity index (χ3v) is 3.50. The summed E-state index contributed by atoms with van der Waals surface area (Å²) in [5, 5.41) is 0.528. The number of halogens is 1. The van der Waals surface area contributed by atoms with Crippen molar-refractivity contribution in [2.75, 3.05) is 0 Å². The third-order valence-electron chi connectivity index (χ3n) is 2.14. The molecule has 0 aliphatic heterocycles. The van der Waals surface area contributed by atoms with E-state index in [1.807, 2.05) is 6.07 Å². The summed E-state index contributed by atoms with van der Waals surface area (Å²) < 4.78 is 1.15. The zero-order valence-corrected chi connectivity index (χ0v) is 9.64. The second-order valence-corrected chi connectivity index (χ2v) is 4.84. The van der Waals surface area contributed by atoms with Crippen LogP contribution in [0.25, 0.3) is 10.2 Å². The lowest BCUT2D eigenvalue weighted by atomic mass is 10.2. The van der Waals surface area contributed by atoms with Gasteiger partial charge in [-0.3, -0.25) is 0 Å². The normalized spacial score (nSPS) is 10.7. The zero-order chi connectivity index (χ0) is 10.7. The Morgan fingerprint density at radius 3 is 3.13 bits per heavy atom. The van der Waals surface area contributed by atoms with Crippen molar-refractivity contribution in [2.24, 2.45) is 0 Å². The molecule has 4 heteroatoms. The van der Waals surface area contributed by atoms with Crippen molar-refractivity contribution in [1.29, 1.82) is 0 Å². The molecule has 0 atom stereocenters. The first-order valence-corrected chi connectivity index (χ1v) is 5.97. The summed E-state index contributed by atoms with van der Waals surface area (Å²) in [6.07, 6.45) is 3.44. The SMILES string of the molecule is O=CCCCc1cc2nc(Cl)ccc2s1. The van der Waals surface area contributed by atoms with Gasteiger partial charge in [-0.25, -0.2) is 4.98 Å². The van der Waals surface area contributed by atoms with Crippen LogP contribution in [0.2, 0.25) is 5.15 Å². The lowest BCUT2D eigenvalue weighted by Gasteiger charge is -1.90. The summed E-state index contributed by atoms with van der Waals surface area (Å²) in [6.45, 7) is 0. The average Bonchev–Trinajstić information content (AvgIpc) is 2.60. The molecular formula is C11H10ClNOS. The quantitative estimate of drug-likeness (QED) is 0.465. The fourth-order valence-electron chi connectivity index (χ4n) is 1.43. The van der Waals surface area contributed by atoms with Crippen LogP contribution in [0.5, 0.6) is 0 Å². The number of nitrogens with zero attached hydrogens (tertiary/aromatic N) is 1. The highest BCUT2D eigenvalue weighted by Crippen LogP contribution is 2.26. The molecule has 0 saturated carbocycles. The van der Waals surface area contributed by atoms with E-state index < -0.39 is 0 Å². The van der Waals surface area contributed by atoms with Crippen molar-refractivity contribution >= 4 is 39.4 Å². The van der Waals surface area contributed by atoms with Gasteiger partial charge in [-0.1, -0.05) is 11.6 Å². The summed E-state index contributed by atoms with van der Waals surface area (Å²) in [4.78, 5) is 15.7. The molecule has 0 bridgehead atoms. The molecule has 0 saturated heterocycles. The van der Waals surface area contributed by atoms with E-state index in [1.165, 1.54) is 4.88 Å². The van der Waals surface area contributed by atoms with Crippen LogP contribution in [0.3, 0.4) is 0 Å². The maximum Gasteiger partial charge on any atom is 0.129 e. The van der Waals surface area contributed by atoms with Crippen LogP contribution >= 0.6 is 22.9 Å². The van der Waals surface area contributed by atoms with Crippen molar-refractivity contribution in [3.05, 3.63) is 28.2 Å². The number of rotatable bonds is 4. The predicted molar refractivity (Wildman–Crippen MR) is 63.6 cm³/mol. The summed E-state index contributed by atoms with van der Waals surface area (Å²) in [6, 6.07) is 5.84. The van der Waals surface area contributed by atoms with Crippen LogP contribution < -0.4 is 0 Å². The van der Waals surface area contributed by atoms with Gasteiger partial charge < -0.3 is 4.79 Å². The first kappa shape index (κ1) is 10.6. The van der Waals surface area contributed by atoms with Crippen molar-refractivity contribution < 1.29 is 4.79 Å². The molecule has 0 radical (unpaired) electrons. The number of aromatic nitrogens is 1. The van der Waals surface area contributed by atoms with Gasteiger partial charge in [-0.05, 0) is 31.0 Å². The highest BCUT2D eigenvalue weighted by molar-refractivity contribution is 7.19. The highest BCUT2D eigenvalue weighted by Gasteiger charge is 2.03. The van der Waals surface area contributed by atoms with Crippen molar-refractivity contribution in [3.63, 3.8) is 0 Å². The molecule has 0 aromatic carbocycles. The lowest BCUT2D eigenvalue weighted by Crippen LogP contribution is -1.81. The number of hydrogen-bond donors (Lipinski definition) is 0. The van der Waals surface area contributed by atoms with E-state index in [0.717, 1.165) is 29.3 Å². The molecule has 78 valence electrons. The van der Waals surface area contributed by atoms with Gasteiger partial charge in [0.15, 0.2) is 0 Å². The Hall–Kier alpha value is -0.930. The molecule has 15 heavy (non-hydrogen) atoms. The van der Waals surface area contributed by atoms with Crippen LogP contribution in [0, 0.1) is 0 Å². The number of hydrogen-bond acceptors (Lipinski definition) is 3. The molecule has 0 aliphatic carbocycles. The Morgan fingerprint density at radius 2 is 2.33 bits per heavy atom. The van der Waals surface area contributed by atoms with Crippen molar-refractivity contribution in [1.82, 2.24) is 4.98 Å². The average molecular weight is 240 g/mol. The van der Waals surface area contributed by atoms with Gasteiger partial charge in [-0.15, -0.1) is 11.3 Å². The minimum absolute atomic E-state index is 0.528. The first-order valence-electron chi connectivity index (χ1n) is 4.78. The molecular weight excluding hydrogens is 230 g/mol. The number of carbonyl (C=O) groups is 1. The van der Waals surface area contributed by atoms with E-state index in [0.29, 0.717) is 11.6 Å². The predicted octanol–water partition coefficient (Wildman–Crippen LogP) is 3.47. The Balaban J connectivity index is 2.19. The van der Waals surface area contributed by atoms with E-state index in [-0.39, 0.29) is 0 Å². The number of aryl methyl sites for hydroxylation is 1. The van der Waals surface area contributed by atoms with Gasteiger partial charge in [0.1, 0.15) is 11.4 Å². The highest BCUT2D eigenvalue weighted by atomic mass is 35.5. The van der Waals surface area contributed by atoms with E-state index in [9.17, 15) is 4.79 Å². The van der Waals surface area contributed by atoms with Gasteiger partial charge in [0.25, 0.3) is 0 Å². The molecule has 2 aromatic heterocycles. The third kappa shape index (κ3) is 2.55. The molecule has 2 heterocycles. The summed E-state index contributed by atoms with van der Waals surface area (Å²) >= 11 is 7.52. The molecule has 0 aliphatic rings. The Kier molecular flexibility index (Phi) is 3.34. The minimum atomic E-state index is 0.528. The smallest absolute Gasteiger partial charge is 0.129 e. The summed E-state index contributed by atoms with van der Waals surface area (Å²) in [7, 11) is 0. The van der Waals surface area contributed by atoms with Crippen molar-refractivity contribution in [2.45, 2.75) is 19.3 Å². The number of unbranched alkanes of at least 4 members (excludes halogenated alkanes) is 1. The monoisotopic (exact) mass is 239 g/mol. The van der Waals surface area contributed by atoms with E-state index in [1.54, 1.807) is 17.4 Å². The van der Waals surface area contributed by atoms with Crippen molar-refractivity contribution in [3.8, 4) is 0 Å². The fourth-order valence-corrected chi connectivity index (χ4v) is 2.63. The number of carbonyl (C=O) groups excluding carboxylic acids is 1. The molecule has 2 nitrogen and oxygen atoms in total. The molecule has 2 rings (SSSR count). The van der Waals surface area contributed by atoms with Gasteiger partial charge in [0, 0.05) is 11.3 Å². The second-order valence-electron chi connectivity index (χ2n) is 3.29. The Morgan fingerprint density at radius 1 is 1.47 bits per heavy atom. The van der Waals surface area contributed by atoms with Crippen LogP contribution in [0.4, 0.5) is 0 Å². The van der Waals surface area contributed by atoms with Crippen LogP contribution in [-0.4, -0.2) is 11.3 Å². The van der Waals surface area contributed by atoms with Gasteiger partial charge in [0.2, 0.25) is 0 Å². The number of aldehydes is 1. The molecule has 0 fully saturated rings. The van der Waals surface area contributed by atoms with E-state index in [4.69, 9.17) is 11.6 Å². The Labute approximate surface area is 96.9 Å². The second kappa shape index (κ2) is 4.73. The Bertz CT molecular complexity index is 480. The van der Waals surface area contributed by atoms with Crippen LogP contribution in [0.1, 0.15) is 17.7 Å². The maximum absolute atomic E-state index is 10.2. The van der Waals surface area contributed by atoms with Crippen LogP contribution in [-0.2, 0) is 11.2 Å². The summed E-state index contributed by atoms with van der Waals surface area (Å²) in [5.74, 6) is 0. The van der Waals surface area contributed by atoms with Crippen LogP contribution in [0.15, 0.2) is 18.2 Å². The zero-order valence-electron chi connectivity index (χ0n) is 8.07. The lowest BCUT2D eigenvalue weighted by molar-refractivity contribution is -0.107. The summed E-state index contributed by atoms with van der Waals surface area (Å²) in [5.41, 5.74) is 0.952. The molecule has 0 spiro atoms. The molecule has 0 unspecified atom stereocenters. The number of thiophene rings is 1. The standard InChI is InChI=1S/C11H10ClNOS/c12-11-5-4-10-9(13-11)7-8(15-10)3-1-2-6-14/h4-7H,1-3H2.